The highest BCUT2D eigenvalue weighted by atomic mass is 35.5. The van der Waals surface area contributed by atoms with Crippen molar-refractivity contribution in [1.82, 2.24) is 4.98 Å². The zero-order valence-corrected chi connectivity index (χ0v) is 13.0. The van der Waals surface area contributed by atoms with Crippen LogP contribution in [0.5, 0.6) is 0 Å². The SMILES string of the molecule is O=C([O-])[C@@H]1Cc2c([nH]c3ccccc23)[C@@H](c2ccccc2Cl)[NH2+]1. The molecule has 2 aromatic carbocycles. The van der Waals surface area contributed by atoms with Crippen molar-refractivity contribution in [2.24, 2.45) is 0 Å². The van der Waals surface area contributed by atoms with E-state index in [2.05, 4.69) is 4.98 Å². The third kappa shape index (κ3) is 2.31. The normalized spacial score (nSPS) is 20.4. The first-order valence-electron chi connectivity index (χ1n) is 7.55. The second kappa shape index (κ2) is 5.41. The summed E-state index contributed by atoms with van der Waals surface area (Å²) >= 11 is 6.35. The summed E-state index contributed by atoms with van der Waals surface area (Å²) in [5.41, 5.74) is 3.99. The molecule has 0 radical (unpaired) electrons. The average Bonchev–Trinajstić information content (AvgIpc) is 2.93. The van der Waals surface area contributed by atoms with Gasteiger partial charge in [0.15, 0.2) is 6.04 Å². The molecule has 23 heavy (non-hydrogen) atoms. The van der Waals surface area contributed by atoms with Crippen LogP contribution in [0.3, 0.4) is 0 Å². The van der Waals surface area contributed by atoms with Gasteiger partial charge in [0.25, 0.3) is 0 Å². The van der Waals surface area contributed by atoms with Crippen LogP contribution in [0, 0.1) is 0 Å². The highest BCUT2D eigenvalue weighted by molar-refractivity contribution is 6.31. The van der Waals surface area contributed by atoms with E-state index in [0.29, 0.717) is 11.4 Å². The third-order valence-corrected chi connectivity index (χ3v) is 4.89. The van der Waals surface area contributed by atoms with E-state index in [4.69, 9.17) is 11.6 Å². The zero-order valence-electron chi connectivity index (χ0n) is 12.3. The van der Waals surface area contributed by atoms with Crippen LogP contribution < -0.4 is 10.4 Å². The molecule has 4 nitrogen and oxygen atoms in total. The Labute approximate surface area is 138 Å². The number of halogens is 1. The first-order valence-corrected chi connectivity index (χ1v) is 7.92. The van der Waals surface area contributed by atoms with Crippen molar-refractivity contribution >= 4 is 28.5 Å². The van der Waals surface area contributed by atoms with Gasteiger partial charge in [-0.05, 0) is 17.7 Å². The number of carboxylic acids is 1. The van der Waals surface area contributed by atoms with Crippen LogP contribution in [0.15, 0.2) is 48.5 Å². The minimum absolute atomic E-state index is 0.178. The second-order valence-corrected chi connectivity index (χ2v) is 6.29. The standard InChI is InChI=1S/C18H15ClN2O2/c19-13-7-3-1-6-11(13)16-17-12(9-15(21-16)18(22)23)10-5-2-4-8-14(10)20-17/h1-8,15-16,20-21H,9H2,(H,22,23)/t15-,16+/m0/s1. The monoisotopic (exact) mass is 326 g/mol. The van der Waals surface area contributed by atoms with Gasteiger partial charge in [-0.25, -0.2) is 0 Å². The summed E-state index contributed by atoms with van der Waals surface area (Å²) in [7, 11) is 0. The number of hydrogen-bond acceptors (Lipinski definition) is 2. The summed E-state index contributed by atoms with van der Waals surface area (Å²) < 4.78 is 0. The fraction of sp³-hybridized carbons (Fsp3) is 0.167. The minimum Gasteiger partial charge on any atom is -0.544 e. The highest BCUT2D eigenvalue weighted by Gasteiger charge is 2.35. The number of carboxylic acid groups (broad SMARTS) is 1. The maximum Gasteiger partial charge on any atom is 0.154 e. The average molecular weight is 327 g/mol. The van der Waals surface area contributed by atoms with E-state index in [-0.39, 0.29) is 6.04 Å². The molecular weight excluding hydrogens is 312 g/mol. The van der Waals surface area contributed by atoms with Crippen molar-refractivity contribution < 1.29 is 15.2 Å². The molecular formula is C18H15ClN2O2. The number of para-hydroxylation sites is 1. The molecule has 0 unspecified atom stereocenters. The van der Waals surface area contributed by atoms with Crippen molar-refractivity contribution in [3.8, 4) is 0 Å². The Morgan fingerprint density at radius 3 is 2.70 bits per heavy atom. The number of carbonyl (C=O) groups excluding carboxylic acids is 1. The topological polar surface area (TPSA) is 72.5 Å². The second-order valence-electron chi connectivity index (χ2n) is 5.88. The van der Waals surface area contributed by atoms with E-state index in [0.717, 1.165) is 27.7 Å². The van der Waals surface area contributed by atoms with Crippen molar-refractivity contribution in [3.05, 3.63) is 70.4 Å². The molecule has 2 heterocycles. The summed E-state index contributed by atoms with van der Waals surface area (Å²) in [5, 5.41) is 15.0. The molecule has 0 bridgehead atoms. The number of benzene rings is 2. The molecule has 0 spiro atoms. The molecule has 1 aliphatic rings. The fourth-order valence-electron chi connectivity index (χ4n) is 3.47. The number of H-pyrrole nitrogens is 1. The van der Waals surface area contributed by atoms with Gasteiger partial charge in [-0.15, -0.1) is 0 Å². The highest BCUT2D eigenvalue weighted by Crippen LogP contribution is 2.34. The van der Waals surface area contributed by atoms with Crippen molar-refractivity contribution in [2.75, 3.05) is 0 Å². The van der Waals surface area contributed by atoms with E-state index >= 15 is 0 Å². The maximum atomic E-state index is 11.5. The first kappa shape index (κ1) is 14.3. The molecule has 0 aliphatic carbocycles. The van der Waals surface area contributed by atoms with Gasteiger partial charge < -0.3 is 20.2 Å². The fourth-order valence-corrected chi connectivity index (χ4v) is 3.72. The van der Waals surface area contributed by atoms with Gasteiger partial charge in [0.05, 0.1) is 16.7 Å². The van der Waals surface area contributed by atoms with Gasteiger partial charge in [-0.2, -0.15) is 0 Å². The van der Waals surface area contributed by atoms with Crippen LogP contribution in [-0.4, -0.2) is 17.0 Å². The Kier molecular flexibility index (Phi) is 3.36. The van der Waals surface area contributed by atoms with E-state index in [1.54, 1.807) is 0 Å². The molecule has 2 atom stereocenters. The van der Waals surface area contributed by atoms with E-state index < -0.39 is 12.0 Å². The van der Waals surface area contributed by atoms with Crippen LogP contribution in [0.2, 0.25) is 5.02 Å². The Hall–Kier alpha value is -2.30. The number of hydrogen-bond donors (Lipinski definition) is 2. The maximum absolute atomic E-state index is 11.5. The summed E-state index contributed by atoms with van der Waals surface area (Å²) in [6.07, 6.45) is 0.447. The molecule has 1 aliphatic heterocycles. The number of nitrogens with two attached hydrogens (primary N) is 1. The number of aromatic amines is 1. The number of aliphatic carboxylic acids is 1. The summed E-state index contributed by atoms with van der Waals surface area (Å²) in [4.78, 5) is 14.9. The number of carbonyl (C=O) groups is 1. The van der Waals surface area contributed by atoms with Crippen LogP contribution in [0.4, 0.5) is 0 Å². The summed E-state index contributed by atoms with van der Waals surface area (Å²) in [6, 6.07) is 14.7. The lowest BCUT2D eigenvalue weighted by atomic mass is 9.90. The first-order chi connectivity index (χ1) is 11.1. The molecule has 1 aromatic heterocycles. The van der Waals surface area contributed by atoms with Crippen molar-refractivity contribution in [1.29, 1.82) is 0 Å². The van der Waals surface area contributed by atoms with Crippen LogP contribution in [0.25, 0.3) is 10.9 Å². The van der Waals surface area contributed by atoms with Gasteiger partial charge in [-0.3, -0.25) is 0 Å². The van der Waals surface area contributed by atoms with Gasteiger partial charge in [0, 0.05) is 22.9 Å². The van der Waals surface area contributed by atoms with Crippen LogP contribution in [0.1, 0.15) is 22.9 Å². The van der Waals surface area contributed by atoms with Gasteiger partial charge in [-0.1, -0.05) is 48.0 Å². The van der Waals surface area contributed by atoms with Crippen molar-refractivity contribution in [3.63, 3.8) is 0 Å². The molecule has 116 valence electrons. The Morgan fingerprint density at radius 2 is 1.91 bits per heavy atom. The Balaban J connectivity index is 1.93. The Bertz CT molecular complexity index is 903. The number of rotatable bonds is 2. The van der Waals surface area contributed by atoms with E-state index in [1.165, 1.54) is 0 Å². The lowest BCUT2D eigenvalue weighted by Gasteiger charge is -2.29. The molecule has 4 rings (SSSR count). The van der Waals surface area contributed by atoms with Gasteiger partial charge in [0.1, 0.15) is 6.04 Å². The molecule has 3 aromatic rings. The van der Waals surface area contributed by atoms with Crippen molar-refractivity contribution in [2.45, 2.75) is 18.5 Å². The molecule has 3 N–H and O–H groups in total. The quantitative estimate of drug-likeness (QED) is 0.741. The number of quaternary nitrogens is 1. The minimum atomic E-state index is -1.04. The number of nitrogens with one attached hydrogen (secondary N) is 1. The zero-order chi connectivity index (χ0) is 16.0. The molecule has 0 fully saturated rings. The lowest BCUT2D eigenvalue weighted by Crippen LogP contribution is -2.95. The van der Waals surface area contributed by atoms with Gasteiger partial charge >= 0.3 is 0 Å². The lowest BCUT2D eigenvalue weighted by molar-refractivity contribution is -0.717. The largest absolute Gasteiger partial charge is 0.544 e. The van der Waals surface area contributed by atoms with Crippen LogP contribution in [-0.2, 0) is 11.2 Å². The smallest absolute Gasteiger partial charge is 0.154 e. The summed E-state index contributed by atoms with van der Waals surface area (Å²) in [6.45, 7) is 0. The number of fused-ring (bicyclic) bond motifs is 3. The molecule has 0 saturated heterocycles. The van der Waals surface area contributed by atoms with Gasteiger partial charge in [0.2, 0.25) is 0 Å². The van der Waals surface area contributed by atoms with E-state index in [1.807, 2.05) is 53.8 Å². The van der Waals surface area contributed by atoms with Crippen LogP contribution >= 0.6 is 11.6 Å². The molecule has 5 heteroatoms. The number of aromatic nitrogens is 1. The predicted molar refractivity (Wildman–Crippen MR) is 86.0 cm³/mol. The third-order valence-electron chi connectivity index (χ3n) is 4.55. The Morgan fingerprint density at radius 1 is 1.17 bits per heavy atom. The summed E-state index contributed by atoms with van der Waals surface area (Å²) in [5.74, 6) is -1.04. The van der Waals surface area contributed by atoms with E-state index in [9.17, 15) is 9.90 Å². The molecule has 0 amide bonds. The molecule has 0 saturated carbocycles. The predicted octanol–water partition coefficient (Wildman–Crippen LogP) is 1.15.